The maximum atomic E-state index is 11.7. The van der Waals surface area contributed by atoms with Crippen LogP contribution in [0.25, 0.3) is 0 Å². The maximum absolute atomic E-state index is 11.7. The normalized spacial score (nSPS) is 15.8. The van der Waals surface area contributed by atoms with Crippen molar-refractivity contribution in [1.29, 1.82) is 0 Å². The quantitative estimate of drug-likeness (QED) is 0.802. The minimum atomic E-state index is -0.115. The van der Waals surface area contributed by atoms with Crippen molar-refractivity contribution in [2.24, 2.45) is 4.99 Å². The van der Waals surface area contributed by atoms with Gasteiger partial charge in [-0.15, -0.1) is 0 Å². The molecule has 0 spiro atoms. The number of nitrogens with one attached hydrogen (secondary N) is 1. The molecule has 0 aliphatic carbocycles. The highest BCUT2D eigenvalue weighted by atomic mass is 16.2. The van der Waals surface area contributed by atoms with Crippen LogP contribution in [-0.4, -0.2) is 16.7 Å². The summed E-state index contributed by atoms with van der Waals surface area (Å²) in [7, 11) is 0. The van der Waals surface area contributed by atoms with Gasteiger partial charge in [0, 0.05) is 11.8 Å². The number of rotatable bonds is 1. The van der Waals surface area contributed by atoms with Crippen LogP contribution < -0.4 is 5.32 Å². The number of nitrogens with zero attached hydrogens (tertiary/aromatic N) is 2. The van der Waals surface area contributed by atoms with Crippen molar-refractivity contribution >= 4 is 17.6 Å². The van der Waals surface area contributed by atoms with Crippen LogP contribution in [0.15, 0.2) is 53.7 Å². The maximum Gasteiger partial charge on any atom is 0.257 e. The van der Waals surface area contributed by atoms with E-state index in [-0.39, 0.29) is 5.91 Å². The molecule has 0 saturated carbocycles. The van der Waals surface area contributed by atoms with Crippen molar-refractivity contribution in [1.82, 2.24) is 10.3 Å². The first kappa shape index (κ1) is 9.72. The van der Waals surface area contributed by atoms with Crippen LogP contribution in [0.5, 0.6) is 0 Å². The van der Waals surface area contributed by atoms with E-state index in [0.717, 1.165) is 5.56 Å². The molecule has 2 heterocycles. The third kappa shape index (κ3) is 1.69. The van der Waals surface area contributed by atoms with Crippen molar-refractivity contribution < 1.29 is 4.79 Å². The number of fused-ring (bicyclic) bond motifs is 1. The fourth-order valence-electron chi connectivity index (χ4n) is 1.75. The lowest BCUT2D eigenvalue weighted by atomic mass is 10.1. The standard InChI is InChI=1S/C13H9N3O/c17-13-10-6-2-1-5-9(10)12(16-13)15-11-7-3-4-8-14-11/h1-8H,(H,14,15,16,17). The molecule has 0 saturated heterocycles. The first-order valence-corrected chi connectivity index (χ1v) is 5.25. The molecule has 3 rings (SSSR count). The molecule has 0 fully saturated rings. The lowest BCUT2D eigenvalue weighted by Crippen LogP contribution is -2.21. The SMILES string of the molecule is O=C1N/C(=N/c2ccccn2)c2ccccc21. The molecule has 1 amide bonds. The van der Waals surface area contributed by atoms with Crippen LogP contribution >= 0.6 is 0 Å². The third-order valence-electron chi connectivity index (χ3n) is 2.53. The first-order valence-electron chi connectivity index (χ1n) is 5.25. The van der Waals surface area contributed by atoms with Crippen LogP contribution in [0.2, 0.25) is 0 Å². The zero-order valence-corrected chi connectivity index (χ0v) is 8.92. The molecule has 1 N–H and O–H groups in total. The monoisotopic (exact) mass is 223 g/mol. The molecule has 82 valence electrons. The number of pyridine rings is 1. The Morgan fingerprint density at radius 2 is 1.76 bits per heavy atom. The van der Waals surface area contributed by atoms with E-state index in [9.17, 15) is 4.79 Å². The Morgan fingerprint density at radius 3 is 2.53 bits per heavy atom. The van der Waals surface area contributed by atoms with Crippen molar-refractivity contribution in [2.75, 3.05) is 0 Å². The first-order chi connectivity index (χ1) is 8.34. The van der Waals surface area contributed by atoms with Gasteiger partial charge in [0.15, 0.2) is 5.82 Å². The highest BCUT2D eigenvalue weighted by molar-refractivity contribution is 6.23. The van der Waals surface area contributed by atoms with Crippen molar-refractivity contribution in [3.05, 3.63) is 59.8 Å². The smallest absolute Gasteiger partial charge is 0.257 e. The van der Waals surface area contributed by atoms with Gasteiger partial charge in [-0.2, -0.15) is 0 Å². The number of hydrogen-bond acceptors (Lipinski definition) is 3. The highest BCUT2D eigenvalue weighted by Crippen LogP contribution is 2.17. The number of carbonyl (C=O) groups is 1. The molecule has 4 nitrogen and oxygen atoms in total. The zero-order chi connectivity index (χ0) is 11.7. The number of benzene rings is 1. The van der Waals surface area contributed by atoms with Crippen molar-refractivity contribution in [3.8, 4) is 0 Å². The number of carbonyl (C=O) groups excluding carboxylic acids is 1. The molecule has 1 aromatic carbocycles. The number of aromatic nitrogens is 1. The van der Waals surface area contributed by atoms with Gasteiger partial charge in [0.2, 0.25) is 0 Å². The van der Waals surface area contributed by atoms with E-state index in [1.54, 1.807) is 18.3 Å². The summed E-state index contributed by atoms with van der Waals surface area (Å²) in [6.45, 7) is 0. The van der Waals surface area contributed by atoms with E-state index < -0.39 is 0 Å². The number of amides is 1. The Kier molecular flexibility index (Phi) is 2.19. The van der Waals surface area contributed by atoms with Gasteiger partial charge in [0.25, 0.3) is 5.91 Å². The Labute approximate surface area is 98.0 Å². The van der Waals surface area contributed by atoms with E-state index in [1.165, 1.54) is 0 Å². The van der Waals surface area contributed by atoms with E-state index in [4.69, 9.17) is 0 Å². The van der Waals surface area contributed by atoms with Crippen LogP contribution in [0.3, 0.4) is 0 Å². The summed E-state index contributed by atoms with van der Waals surface area (Å²) in [6.07, 6.45) is 1.67. The zero-order valence-electron chi connectivity index (χ0n) is 8.92. The van der Waals surface area contributed by atoms with Crippen LogP contribution in [0.4, 0.5) is 5.82 Å². The number of hydrogen-bond donors (Lipinski definition) is 1. The Balaban J connectivity index is 2.08. The molecule has 0 bridgehead atoms. The van der Waals surface area contributed by atoms with Gasteiger partial charge in [-0.25, -0.2) is 9.98 Å². The van der Waals surface area contributed by atoms with E-state index in [2.05, 4.69) is 15.3 Å². The average Bonchev–Trinajstić information content (AvgIpc) is 2.69. The molecule has 4 heteroatoms. The van der Waals surface area contributed by atoms with Gasteiger partial charge >= 0.3 is 0 Å². The lowest BCUT2D eigenvalue weighted by molar-refractivity contribution is 0.0983. The van der Waals surface area contributed by atoms with Gasteiger partial charge in [-0.05, 0) is 18.2 Å². The summed E-state index contributed by atoms with van der Waals surface area (Å²) in [5, 5.41) is 2.74. The summed E-state index contributed by atoms with van der Waals surface area (Å²) in [5.41, 5.74) is 1.48. The molecule has 0 unspecified atom stereocenters. The lowest BCUT2D eigenvalue weighted by Gasteiger charge is -1.98. The largest absolute Gasteiger partial charge is 0.306 e. The van der Waals surface area contributed by atoms with E-state index >= 15 is 0 Å². The van der Waals surface area contributed by atoms with Crippen LogP contribution in [0, 0.1) is 0 Å². The highest BCUT2D eigenvalue weighted by Gasteiger charge is 2.24. The minimum absolute atomic E-state index is 0.115. The fraction of sp³-hybridized carbons (Fsp3) is 0. The summed E-state index contributed by atoms with van der Waals surface area (Å²) in [5.74, 6) is 1.03. The second kappa shape index (κ2) is 3.83. The van der Waals surface area contributed by atoms with E-state index in [0.29, 0.717) is 17.2 Å². The topological polar surface area (TPSA) is 54.4 Å². The number of aliphatic imine (C=N–C) groups is 1. The van der Waals surface area contributed by atoms with Crippen molar-refractivity contribution in [3.63, 3.8) is 0 Å². The summed E-state index contributed by atoms with van der Waals surface area (Å²) in [6, 6.07) is 12.8. The molecule has 1 aromatic heterocycles. The van der Waals surface area contributed by atoms with Gasteiger partial charge in [-0.1, -0.05) is 24.3 Å². The van der Waals surface area contributed by atoms with Crippen molar-refractivity contribution in [2.45, 2.75) is 0 Å². The van der Waals surface area contributed by atoms with Gasteiger partial charge in [0.1, 0.15) is 5.84 Å². The molecule has 1 aliphatic rings. The molecular formula is C13H9N3O. The Morgan fingerprint density at radius 1 is 1.00 bits per heavy atom. The molecule has 1 aliphatic heterocycles. The third-order valence-corrected chi connectivity index (χ3v) is 2.53. The second-order valence-electron chi connectivity index (χ2n) is 3.65. The summed E-state index contributed by atoms with van der Waals surface area (Å²) < 4.78 is 0. The Bertz CT molecular complexity index is 605. The fourth-order valence-corrected chi connectivity index (χ4v) is 1.75. The second-order valence-corrected chi connectivity index (χ2v) is 3.65. The molecule has 17 heavy (non-hydrogen) atoms. The van der Waals surface area contributed by atoms with Crippen LogP contribution in [-0.2, 0) is 0 Å². The molecule has 0 radical (unpaired) electrons. The molecular weight excluding hydrogens is 214 g/mol. The molecule has 2 aromatic rings. The molecule has 0 atom stereocenters. The summed E-state index contributed by atoms with van der Waals surface area (Å²) >= 11 is 0. The Hall–Kier alpha value is -2.49. The predicted octanol–water partition coefficient (Wildman–Crippen LogP) is 1.90. The van der Waals surface area contributed by atoms with Crippen LogP contribution in [0.1, 0.15) is 15.9 Å². The minimum Gasteiger partial charge on any atom is -0.306 e. The van der Waals surface area contributed by atoms with Gasteiger partial charge in [0.05, 0.1) is 5.56 Å². The van der Waals surface area contributed by atoms with E-state index in [1.807, 2.05) is 30.3 Å². The summed E-state index contributed by atoms with van der Waals surface area (Å²) in [4.78, 5) is 20.1. The van der Waals surface area contributed by atoms with Gasteiger partial charge in [-0.3, -0.25) is 4.79 Å². The van der Waals surface area contributed by atoms with Gasteiger partial charge < -0.3 is 5.32 Å². The predicted molar refractivity (Wildman–Crippen MR) is 64.3 cm³/mol. The average molecular weight is 223 g/mol. The number of amidine groups is 1.